The Morgan fingerprint density at radius 3 is 1.41 bits per heavy atom. The van der Waals surface area contributed by atoms with Crippen LogP contribution in [0.15, 0.2) is 0 Å². The fourth-order valence-corrected chi connectivity index (χ4v) is 3.35. The van der Waals surface area contributed by atoms with Crippen LogP contribution in [-0.2, 0) is 0 Å². The van der Waals surface area contributed by atoms with Crippen molar-refractivity contribution in [1.82, 2.24) is 4.90 Å². The molecule has 0 amide bonds. The van der Waals surface area contributed by atoms with E-state index in [1.54, 1.807) is 0 Å². The highest BCUT2D eigenvalue weighted by atomic mass is 16.3. The van der Waals surface area contributed by atoms with E-state index in [4.69, 9.17) is 0 Å². The maximum Gasteiger partial charge on any atom is 0.0586 e. The fourth-order valence-electron chi connectivity index (χ4n) is 3.35. The summed E-state index contributed by atoms with van der Waals surface area (Å²) in [4.78, 5) is 2.39. The Morgan fingerprint density at radius 2 is 1.05 bits per heavy atom. The number of hydrogen-bond acceptors (Lipinski definition) is 2. The number of unbranched alkanes of at least 4 members (excludes halogenated alkanes) is 11. The zero-order valence-corrected chi connectivity index (χ0v) is 15.8. The first-order valence-electron chi connectivity index (χ1n) is 10.1. The molecule has 2 heteroatoms. The second-order valence-electron chi connectivity index (χ2n) is 6.74. The van der Waals surface area contributed by atoms with Gasteiger partial charge in [-0.2, -0.15) is 0 Å². The molecule has 1 atom stereocenters. The number of likely N-dealkylation sites (N-methyl/N-ethyl adjacent to an activating group) is 1. The zero-order valence-electron chi connectivity index (χ0n) is 15.8. The minimum atomic E-state index is 0.319. The van der Waals surface area contributed by atoms with Gasteiger partial charge in [0.15, 0.2) is 0 Å². The summed E-state index contributed by atoms with van der Waals surface area (Å²) < 4.78 is 0. The lowest BCUT2D eigenvalue weighted by molar-refractivity contribution is 0.124. The molecule has 0 aliphatic heterocycles. The SMILES string of the molecule is CCCCCCCCCCCCCCC(CO)N(CC)CC. The molecule has 0 aliphatic rings. The van der Waals surface area contributed by atoms with Crippen LogP contribution in [0.4, 0.5) is 0 Å². The first-order valence-corrected chi connectivity index (χ1v) is 10.1. The van der Waals surface area contributed by atoms with Gasteiger partial charge in [0.2, 0.25) is 0 Å². The first-order chi connectivity index (χ1) is 10.8. The lowest BCUT2D eigenvalue weighted by Crippen LogP contribution is -2.37. The second kappa shape index (κ2) is 17.3. The van der Waals surface area contributed by atoms with Crippen LogP contribution in [0.1, 0.15) is 104 Å². The van der Waals surface area contributed by atoms with E-state index in [0.29, 0.717) is 12.6 Å². The van der Waals surface area contributed by atoms with Gasteiger partial charge in [-0.05, 0) is 19.5 Å². The number of aliphatic hydroxyl groups excluding tert-OH is 1. The first kappa shape index (κ1) is 21.9. The van der Waals surface area contributed by atoms with Crippen LogP contribution < -0.4 is 0 Å². The van der Waals surface area contributed by atoms with E-state index in [2.05, 4.69) is 25.7 Å². The highest BCUT2D eigenvalue weighted by Gasteiger charge is 2.13. The molecule has 0 aromatic rings. The Hall–Kier alpha value is -0.0800. The molecule has 0 heterocycles. The standard InChI is InChI=1S/C20H43NO/c1-4-7-8-9-10-11-12-13-14-15-16-17-18-20(19-22)21(5-2)6-3/h20,22H,4-19H2,1-3H3. The third kappa shape index (κ3) is 12.5. The van der Waals surface area contributed by atoms with Gasteiger partial charge in [0.05, 0.1) is 6.61 Å². The van der Waals surface area contributed by atoms with E-state index in [0.717, 1.165) is 19.5 Å². The predicted molar refractivity (Wildman–Crippen MR) is 99.5 cm³/mol. The Balaban J connectivity index is 3.32. The quantitative estimate of drug-likeness (QED) is 0.344. The fraction of sp³-hybridized carbons (Fsp3) is 1.00. The van der Waals surface area contributed by atoms with Gasteiger partial charge in [0.1, 0.15) is 0 Å². The molecule has 0 saturated heterocycles. The molecule has 0 spiro atoms. The van der Waals surface area contributed by atoms with Crippen molar-refractivity contribution in [3.8, 4) is 0 Å². The molecule has 1 unspecified atom stereocenters. The molecule has 1 N–H and O–H groups in total. The molecular weight excluding hydrogens is 270 g/mol. The van der Waals surface area contributed by atoms with E-state index in [1.165, 1.54) is 77.0 Å². The maximum absolute atomic E-state index is 9.49. The van der Waals surface area contributed by atoms with E-state index >= 15 is 0 Å². The van der Waals surface area contributed by atoms with Crippen LogP contribution in [0, 0.1) is 0 Å². The van der Waals surface area contributed by atoms with Crippen molar-refractivity contribution in [2.24, 2.45) is 0 Å². The monoisotopic (exact) mass is 313 g/mol. The van der Waals surface area contributed by atoms with Crippen molar-refractivity contribution < 1.29 is 5.11 Å². The van der Waals surface area contributed by atoms with Gasteiger partial charge in [-0.3, -0.25) is 4.90 Å². The van der Waals surface area contributed by atoms with Crippen LogP contribution in [0.2, 0.25) is 0 Å². The van der Waals surface area contributed by atoms with Gasteiger partial charge in [-0.25, -0.2) is 0 Å². The summed E-state index contributed by atoms with van der Waals surface area (Å²) in [5, 5.41) is 9.49. The van der Waals surface area contributed by atoms with Gasteiger partial charge in [0, 0.05) is 6.04 Å². The van der Waals surface area contributed by atoms with Crippen LogP contribution in [0.25, 0.3) is 0 Å². The van der Waals surface area contributed by atoms with Crippen molar-refractivity contribution in [2.45, 2.75) is 110 Å². The Morgan fingerprint density at radius 1 is 0.636 bits per heavy atom. The normalized spacial score (nSPS) is 13.0. The topological polar surface area (TPSA) is 23.5 Å². The van der Waals surface area contributed by atoms with Crippen molar-refractivity contribution >= 4 is 0 Å². The van der Waals surface area contributed by atoms with E-state index in [9.17, 15) is 5.11 Å². The molecule has 0 rings (SSSR count). The highest BCUT2D eigenvalue weighted by molar-refractivity contribution is 4.68. The van der Waals surface area contributed by atoms with Gasteiger partial charge >= 0.3 is 0 Å². The predicted octanol–water partition coefficient (Wildman–Crippen LogP) is 5.78. The average molecular weight is 314 g/mol. The van der Waals surface area contributed by atoms with Crippen molar-refractivity contribution in [3.05, 3.63) is 0 Å². The number of hydrogen-bond donors (Lipinski definition) is 1. The summed E-state index contributed by atoms with van der Waals surface area (Å²) in [6.45, 7) is 9.09. The summed E-state index contributed by atoms with van der Waals surface area (Å²) >= 11 is 0. The van der Waals surface area contributed by atoms with E-state index in [1.807, 2.05) is 0 Å². The molecule has 2 nitrogen and oxygen atoms in total. The molecule has 0 fully saturated rings. The lowest BCUT2D eigenvalue weighted by atomic mass is 10.0. The lowest BCUT2D eigenvalue weighted by Gasteiger charge is -2.28. The number of nitrogens with zero attached hydrogens (tertiary/aromatic N) is 1. The maximum atomic E-state index is 9.49. The summed E-state index contributed by atoms with van der Waals surface area (Å²) in [6.07, 6.45) is 18.0. The highest BCUT2D eigenvalue weighted by Crippen LogP contribution is 2.14. The van der Waals surface area contributed by atoms with E-state index < -0.39 is 0 Å². The number of aliphatic hydroxyl groups is 1. The largest absolute Gasteiger partial charge is 0.395 e. The summed E-state index contributed by atoms with van der Waals surface area (Å²) in [5.41, 5.74) is 0. The third-order valence-electron chi connectivity index (χ3n) is 4.93. The Bertz CT molecular complexity index is 204. The molecule has 0 aliphatic carbocycles. The minimum Gasteiger partial charge on any atom is -0.395 e. The summed E-state index contributed by atoms with van der Waals surface area (Å²) in [7, 11) is 0. The van der Waals surface area contributed by atoms with Crippen LogP contribution in [-0.4, -0.2) is 35.7 Å². The van der Waals surface area contributed by atoms with Crippen molar-refractivity contribution in [1.29, 1.82) is 0 Å². The second-order valence-corrected chi connectivity index (χ2v) is 6.74. The van der Waals surface area contributed by atoms with Gasteiger partial charge in [-0.1, -0.05) is 97.8 Å². The summed E-state index contributed by atoms with van der Waals surface area (Å²) in [6, 6.07) is 0.387. The van der Waals surface area contributed by atoms with Crippen LogP contribution in [0.3, 0.4) is 0 Å². The van der Waals surface area contributed by atoms with Crippen molar-refractivity contribution in [3.63, 3.8) is 0 Å². The zero-order chi connectivity index (χ0) is 16.5. The smallest absolute Gasteiger partial charge is 0.0586 e. The van der Waals surface area contributed by atoms with Crippen LogP contribution in [0.5, 0.6) is 0 Å². The molecule has 22 heavy (non-hydrogen) atoms. The molecule has 0 aromatic heterocycles. The molecule has 0 bridgehead atoms. The molecule has 0 saturated carbocycles. The van der Waals surface area contributed by atoms with Gasteiger partial charge in [0.25, 0.3) is 0 Å². The van der Waals surface area contributed by atoms with Crippen molar-refractivity contribution in [2.75, 3.05) is 19.7 Å². The Labute approximate surface area is 140 Å². The van der Waals surface area contributed by atoms with E-state index in [-0.39, 0.29) is 0 Å². The number of rotatable bonds is 17. The minimum absolute atomic E-state index is 0.319. The third-order valence-corrected chi connectivity index (χ3v) is 4.93. The molecule has 134 valence electrons. The Kier molecular flexibility index (Phi) is 17.2. The average Bonchev–Trinajstić information content (AvgIpc) is 2.55. The van der Waals surface area contributed by atoms with Gasteiger partial charge < -0.3 is 5.11 Å². The molecular formula is C20H43NO. The van der Waals surface area contributed by atoms with Gasteiger partial charge in [-0.15, -0.1) is 0 Å². The molecule has 0 aromatic carbocycles. The molecule has 0 radical (unpaired) electrons. The summed E-state index contributed by atoms with van der Waals surface area (Å²) in [5.74, 6) is 0. The van der Waals surface area contributed by atoms with Crippen LogP contribution >= 0.6 is 0 Å².